The maximum Gasteiger partial charge on any atom is 0.385 e. The molecule has 84 valence electrons. The Hall–Kier alpha value is -2.47. The van der Waals surface area contributed by atoms with Crippen LogP contribution in [0.25, 0.3) is 4.98 Å². The van der Waals surface area contributed by atoms with Gasteiger partial charge in [0.05, 0.1) is 0 Å². The molecular formula is C14H13N2O+. The highest BCUT2D eigenvalue weighted by molar-refractivity contribution is 6.09. The minimum absolute atomic E-state index is 0. The third-order valence-corrected chi connectivity index (χ3v) is 2.26. The number of rotatable bonds is 2. The van der Waals surface area contributed by atoms with Gasteiger partial charge in [-0.25, -0.2) is 0 Å². The van der Waals surface area contributed by atoms with E-state index in [-0.39, 0.29) is 13.2 Å². The Morgan fingerprint density at radius 3 is 2.24 bits per heavy atom. The van der Waals surface area contributed by atoms with Crippen LogP contribution in [0.2, 0.25) is 0 Å². The summed E-state index contributed by atoms with van der Waals surface area (Å²) in [5, 5.41) is 8.63. The Morgan fingerprint density at radius 1 is 0.941 bits per heavy atom. The molecule has 0 amide bonds. The highest BCUT2D eigenvalue weighted by Crippen LogP contribution is 2.16. The van der Waals surface area contributed by atoms with Crippen molar-refractivity contribution < 1.29 is 4.79 Å². The maximum absolute atomic E-state index is 12.0. The summed E-state index contributed by atoms with van der Waals surface area (Å²) in [6, 6.07) is 15.6. The second-order valence-corrected chi connectivity index (χ2v) is 3.35. The molecule has 3 nitrogen and oxygen atoms in total. The summed E-state index contributed by atoms with van der Waals surface area (Å²) in [6.45, 7) is 0. The molecule has 0 aliphatic carbocycles. The van der Waals surface area contributed by atoms with Crippen LogP contribution in [0.5, 0.6) is 0 Å². The molecule has 0 aliphatic heterocycles. The molecule has 0 aliphatic rings. The van der Waals surface area contributed by atoms with E-state index in [9.17, 15) is 4.79 Å². The number of ketones is 1. The van der Waals surface area contributed by atoms with Crippen LogP contribution in [0.1, 0.15) is 23.3 Å². The smallest absolute Gasteiger partial charge is 0.289 e. The molecule has 2 aromatic rings. The lowest BCUT2D eigenvalue weighted by Crippen LogP contribution is -1.99. The fourth-order valence-electron chi connectivity index (χ4n) is 1.47. The molecule has 0 saturated carbocycles. The van der Waals surface area contributed by atoms with Crippen molar-refractivity contribution in [3.8, 4) is 0 Å². The minimum Gasteiger partial charge on any atom is -0.289 e. The van der Waals surface area contributed by atoms with Gasteiger partial charge in [0, 0.05) is 23.3 Å². The number of nitrogens with zero attached hydrogens (tertiary/aromatic N) is 2. The topological polar surface area (TPSA) is 45.2 Å². The van der Waals surface area contributed by atoms with Gasteiger partial charge in [-0.3, -0.25) is 4.79 Å². The van der Waals surface area contributed by atoms with E-state index in [4.69, 9.17) is 5.39 Å². The van der Waals surface area contributed by atoms with Crippen LogP contribution in [0, 0.1) is 5.39 Å². The zero-order valence-electron chi connectivity index (χ0n) is 8.50. The van der Waals surface area contributed by atoms with E-state index in [0.717, 1.165) is 0 Å². The molecule has 2 aromatic carbocycles. The average molecular weight is 225 g/mol. The molecule has 17 heavy (non-hydrogen) atoms. The van der Waals surface area contributed by atoms with Crippen molar-refractivity contribution >= 4 is 11.5 Å². The van der Waals surface area contributed by atoms with E-state index in [0.29, 0.717) is 16.8 Å². The molecule has 0 atom stereocenters. The number of carbonyl (C=O) groups is 1. The van der Waals surface area contributed by atoms with E-state index < -0.39 is 0 Å². The molecule has 2 rings (SSSR count). The van der Waals surface area contributed by atoms with Crippen molar-refractivity contribution in [1.29, 1.82) is 5.39 Å². The predicted octanol–water partition coefficient (Wildman–Crippen LogP) is 4.04. The van der Waals surface area contributed by atoms with E-state index >= 15 is 0 Å². The lowest BCUT2D eigenvalue weighted by atomic mass is 10.0. The summed E-state index contributed by atoms with van der Waals surface area (Å²) in [5.41, 5.74) is 1.51. The second kappa shape index (κ2) is 5.57. The molecule has 0 spiro atoms. The van der Waals surface area contributed by atoms with Gasteiger partial charge in [0.1, 0.15) is 0 Å². The third-order valence-electron chi connectivity index (χ3n) is 2.26. The molecule has 0 unspecified atom stereocenters. The van der Waals surface area contributed by atoms with Crippen LogP contribution in [0.15, 0.2) is 54.6 Å². The Balaban J connectivity index is 0.00000144. The fraction of sp³-hybridized carbons (Fsp3) is 0.0714. The van der Waals surface area contributed by atoms with Crippen molar-refractivity contribution in [3.05, 3.63) is 70.7 Å². The summed E-state index contributed by atoms with van der Waals surface area (Å²) in [4.78, 5) is 15.0. The Kier molecular flexibility index (Phi) is 4.13. The number of benzene rings is 2. The second-order valence-electron chi connectivity index (χ2n) is 3.35. The number of hydrogen-bond donors (Lipinski definition) is 0. The van der Waals surface area contributed by atoms with Gasteiger partial charge in [-0.1, -0.05) is 49.9 Å². The van der Waals surface area contributed by atoms with Crippen LogP contribution in [-0.4, -0.2) is 5.78 Å². The van der Waals surface area contributed by atoms with Crippen molar-refractivity contribution in [2.24, 2.45) is 0 Å². The van der Waals surface area contributed by atoms with E-state index in [1.807, 2.05) is 18.2 Å². The van der Waals surface area contributed by atoms with Gasteiger partial charge < -0.3 is 0 Å². The molecule has 0 bridgehead atoms. The third kappa shape index (κ3) is 2.76. The van der Waals surface area contributed by atoms with Gasteiger partial charge in [-0.15, -0.1) is 0 Å². The van der Waals surface area contributed by atoms with Gasteiger partial charge in [0.25, 0.3) is 0 Å². The van der Waals surface area contributed by atoms with Crippen LogP contribution in [0.3, 0.4) is 0 Å². The zero-order valence-corrected chi connectivity index (χ0v) is 8.50. The van der Waals surface area contributed by atoms with Crippen LogP contribution >= 0.6 is 0 Å². The van der Waals surface area contributed by atoms with Crippen LogP contribution in [-0.2, 0) is 0 Å². The van der Waals surface area contributed by atoms with E-state index in [1.165, 1.54) is 0 Å². The highest BCUT2D eigenvalue weighted by atomic mass is 16.1. The van der Waals surface area contributed by atoms with Crippen molar-refractivity contribution in [3.63, 3.8) is 0 Å². The molecular weight excluding hydrogens is 212 g/mol. The summed E-state index contributed by atoms with van der Waals surface area (Å²) in [7, 11) is 0. The Bertz CT molecular complexity index is 556. The van der Waals surface area contributed by atoms with E-state index in [2.05, 4.69) is 4.98 Å². The predicted molar refractivity (Wildman–Crippen MR) is 67.8 cm³/mol. The van der Waals surface area contributed by atoms with Crippen molar-refractivity contribution in [2.45, 2.75) is 7.43 Å². The van der Waals surface area contributed by atoms with Crippen LogP contribution in [0.4, 0.5) is 5.69 Å². The summed E-state index contributed by atoms with van der Waals surface area (Å²) < 4.78 is 0. The highest BCUT2D eigenvalue weighted by Gasteiger charge is 2.12. The van der Waals surface area contributed by atoms with E-state index in [1.54, 1.807) is 36.4 Å². The molecule has 0 fully saturated rings. The first-order valence-electron chi connectivity index (χ1n) is 4.86. The fourth-order valence-corrected chi connectivity index (χ4v) is 1.47. The lowest BCUT2D eigenvalue weighted by Gasteiger charge is -1.98. The number of carbonyl (C=O) groups excluding carboxylic acids is 1. The molecule has 0 radical (unpaired) electrons. The van der Waals surface area contributed by atoms with Gasteiger partial charge in [-0.05, 0) is 0 Å². The van der Waals surface area contributed by atoms with Gasteiger partial charge in [0.2, 0.25) is 5.39 Å². The zero-order chi connectivity index (χ0) is 11.4. The molecule has 0 aromatic heterocycles. The first kappa shape index (κ1) is 12.6. The lowest BCUT2D eigenvalue weighted by molar-refractivity contribution is 0.103. The van der Waals surface area contributed by atoms with Crippen molar-refractivity contribution in [2.75, 3.05) is 0 Å². The molecule has 3 heteroatoms. The number of hydrogen-bond acceptors (Lipinski definition) is 2. The monoisotopic (exact) mass is 225 g/mol. The maximum atomic E-state index is 12.0. The molecule has 0 heterocycles. The number of diazo groups is 1. The van der Waals surface area contributed by atoms with Crippen LogP contribution < -0.4 is 0 Å². The normalized spacial score (nSPS) is 8.88. The summed E-state index contributed by atoms with van der Waals surface area (Å²) in [5.74, 6) is -0.0777. The standard InChI is InChI=1S/C13H9N2O.CH4/c14-15-12-8-4-7-11(9-12)13(16)10-5-2-1-3-6-10;/h1-9H;1H4/q+1;. The molecule has 0 N–H and O–H groups in total. The van der Waals surface area contributed by atoms with Crippen molar-refractivity contribution in [1.82, 2.24) is 0 Å². The minimum atomic E-state index is -0.0777. The summed E-state index contributed by atoms with van der Waals surface area (Å²) in [6.07, 6.45) is 0. The Morgan fingerprint density at radius 2 is 1.59 bits per heavy atom. The SMILES string of the molecule is C.N#[N+]c1cccc(C(=O)c2ccccc2)c1. The average Bonchev–Trinajstić information content (AvgIpc) is 2.39. The van der Waals surface area contributed by atoms with Gasteiger partial charge in [-0.2, -0.15) is 0 Å². The van der Waals surface area contributed by atoms with Gasteiger partial charge in [0.15, 0.2) is 10.8 Å². The molecule has 0 saturated heterocycles. The first-order valence-corrected chi connectivity index (χ1v) is 4.86. The quantitative estimate of drug-likeness (QED) is 0.572. The Labute approximate surface area is 100 Å². The first-order chi connectivity index (χ1) is 7.81. The largest absolute Gasteiger partial charge is 0.385 e. The summed E-state index contributed by atoms with van der Waals surface area (Å²) >= 11 is 0. The van der Waals surface area contributed by atoms with Gasteiger partial charge >= 0.3 is 5.69 Å².